The van der Waals surface area contributed by atoms with E-state index in [4.69, 9.17) is 9.47 Å². The van der Waals surface area contributed by atoms with E-state index in [1.807, 2.05) is 43.0 Å². The molecule has 0 saturated carbocycles. The van der Waals surface area contributed by atoms with E-state index in [0.29, 0.717) is 24.6 Å². The lowest BCUT2D eigenvalue weighted by atomic mass is 9.78. The summed E-state index contributed by atoms with van der Waals surface area (Å²) in [5, 5.41) is 0. The van der Waals surface area contributed by atoms with Gasteiger partial charge in [-0.2, -0.15) is 0 Å². The highest BCUT2D eigenvalue weighted by atomic mass is 16.5. The van der Waals surface area contributed by atoms with E-state index in [2.05, 4.69) is 14.9 Å². The first-order chi connectivity index (χ1) is 14.5. The van der Waals surface area contributed by atoms with Gasteiger partial charge in [0.2, 0.25) is 11.9 Å². The van der Waals surface area contributed by atoms with Gasteiger partial charge in [0.25, 0.3) is 0 Å². The number of hydrogen-bond acceptors (Lipinski definition) is 6. The number of anilines is 1. The first-order valence-corrected chi connectivity index (χ1v) is 10.5. The lowest BCUT2D eigenvalue weighted by molar-refractivity contribution is -0.145. The molecule has 3 heterocycles. The summed E-state index contributed by atoms with van der Waals surface area (Å²) >= 11 is 0. The molecule has 1 amide bonds. The van der Waals surface area contributed by atoms with Crippen LogP contribution in [0.25, 0.3) is 0 Å². The van der Waals surface area contributed by atoms with Crippen LogP contribution in [-0.2, 0) is 11.3 Å². The maximum Gasteiger partial charge on any atom is 0.230 e. The number of rotatable bonds is 5. The second-order valence-corrected chi connectivity index (χ2v) is 8.39. The van der Waals surface area contributed by atoms with Crippen molar-refractivity contribution in [3.8, 4) is 11.5 Å². The minimum atomic E-state index is -0.356. The number of aryl methyl sites for hydroxylation is 2. The van der Waals surface area contributed by atoms with Crippen molar-refractivity contribution >= 4 is 11.9 Å². The SMILES string of the molecule is COc1cccc(CN2CCC[C@@]3(CCN(c4nc(C)cc(C)n4)C3)C2=O)c1OC. The second-order valence-electron chi connectivity index (χ2n) is 8.39. The Balaban J connectivity index is 1.54. The fourth-order valence-corrected chi connectivity index (χ4v) is 4.86. The van der Waals surface area contributed by atoms with Crippen LogP contribution in [0.4, 0.5) is 5.95 Å². The Morgan fingerprint density at radius 3 is 2.53 bits per heavy atom. The second kappa shape index (κ2) is 8.13. The summed E-state index contributed by atoms with van der Waals surface area (Å²) in [5.41, 5.74) is 2.53. The monoisotopic (exact) mass is 410 g/mol. The predicted molar refractivity (Wildman–Crippen MR) is 115 cm³/mol. The van der Waals surface area contributed by atoms with Crippen LogP contribution in [0.3, 0.4) is 0 Å². The van der Waals surface area contributed by atoms with E-state index < -0.39 is 0 Å². The summed E-state index contributed by atoms with van der Waals surface area (Å²) in [6.07, 6.45) is 2.76. The van der Waals surface area contributed by atoms with Gasteiger partial charge < -0.3 is 19.3 Å². The van der Waals surface area contributed by atoms with Gasteiger partial charge in [0, 0.05) is 43.1 Å². The minimum Gasteiger partial charge on any atom is -0.493 e. The molecule has 0 unspecified atom stereocenters. The third kappa shape index (κ3) is 3.68. The van der Waals surface area contributed by atoms with Crippen LogP contribution in [0.1, 0.15) is 36.2 Å². The van der Waals surface area contributed by atoms with E-state index in [1.165, 1.54) is 0 Å². The van der Waals surface area contributed by atoms with Crippen LogP contribution in [0.5, 0.6) is 11.5 Å². The molecule has 1 aromatic carbocycles. The standard InChI is InChI=1S/C23H30N4O3/c1-16-13-17(2)25-22(24-16)27-12-10-23(15-27)9-6-11-26(21(23)28)14-18-7-5-8-19(29-3)20(18)30-4/h5,7-8,13H,6,9-12,14-15H2,1-4H3/t23-/m0/s1. The first kappa shape index (κ1) is 20.4. The average Bonchev–Trinajstić information content (AvgIpc) is 3.15. The van der Waals surface area contributed by atoms with Crippen molar-refractivity contribution in [1.29, 1.82) is 0 Å². The van der Waals surface area contributed by atoms with Crippen molar-refractivity contribution in [1.82, 2.24) is 14.9 Å². The number of amides is 1. The van der Waals surface area contributed by atoms with Crippen molar-refractivity contribution < 1.29 is 14.3 Å². The van der Waals surface area contributed by atoms with Gasteiger partial charge in [0.15, 0.2) is 11.5 Å². The molecule has 2 aromatic rings. The van der Waals surface area contributed by atoms with Crippen molar-refractivity contribution in [2.45, 2.75) is 39.7 Å². The number of nitrogens with zero attached hydrogens (tertiary/aromatic N) is 4. The van der Waals surface area contributed by atoms with Gasteiger partial charge in [0.1, 0.15) is 0 Å². The quantitative estimate of drug-likeness (QED) is 0.754. The Kier molecular flexibility index (Phi) is 5.54. The predicted octanol–water partition coefficient (Wildman–Crippen LogP) is 3.13. The van der Waals surface area contributed by atoms with Crippen LogP contribution >= 0.6 is 0 Å². The molecule has 7 heteroatoms. The van der Waals surface area contributed by atoms with Crippen molar-refractivity contribution in [2.75, 3.05) is 38.8 Å². The molecular formula is C23H30N4O3. The van der Waals surface area contributed by atoms with E-state index >= 15 is 0 Å². The zero-order valence-electron chi connectivity index (χ0n) is 18.3. The summed E-state index contributed by atoms with van der Waals surface area (Å²) in [6.45, 7) is 6.76. The molecule has 2 fully saturated rings. The molecule has 0 N–H and O–H groups in total. The molecule has 4 rings (SSSR count). The maximum atomic E-state index is 13.6. The topological polar surface area (TPSA) is 67.8 Å². The highest BCUT2D eigenvalue weighted by Gasteiger charge is 2.49. The van der Waals surface area contributed by atoms with Crippen molar-refractivity contribution in [2.24, 2.45) is 5.41 Å². The van der Waals surface area contributed by atoms with Gasteiger partial charge in [-0.3, -0.25) is 4.79 Å². The van der Waals surface area contributed by atoms with Crippen LogP contribution in [0.2, 0.25) is 0 Å². The Morgan fingerprint density at radius 1 is 1.07 bits per heavy atom. The third-order valence-corrected chi connectivity index (χ3v) is 6.28. The molecule has 0 radical (unpaired) electrons. The molecular weight excluding hydrogens is 380 g/mol. The highest BCUT2D eigenvalue weighted by molar-refractivity contribution is 5.85. The van der Waals surface area contributed by atoms with Gasteiger partial charge in [0.05, 0.1) is 19.6 Å². The molecule has 1 spiro atoms. The zero-order chi connectivity index (χ0) is 21.3. The Labute approximate surface area is 178 Å². The minimum absolute atomic E-state index is 0.227. The lowest BCUT2D eigenvalue weighted by Crippen LogP contribution is -2.49. The molecule has 7 nitrogen and oxygen atoms in total. The van der Waals surface area contributed by atoms with Gasteiger partial charge in [-0.25, -0.2) is 9.97 Å². The van der Waals surface area contributed by atoms with Crippen molar-refractivity contribution in [3.63, 3.8) is 0 Å². The maximum absolute atomic E-state index is 13.6. The molecule has 1 atom stereocenters. The summed E-state index contributed by atoms with van der Waals surface area (Å²) in [6, 6.07) is 7.79. The molecule has 2 saturated heterocycles. The zero-order valence-corrected chi connectivity index (χ0v) is 18.3. The number of para-hydroxylation sites is 1. The summed E-state index contributed by atoms with van der Waals surface area (Å²) in [4.78, 5) is 27.0. The molecule has 30 heavy (non-hydrogen) atoms. The fourth-order valence-electron chi connectivity index (χ4n) is 4.86. The highest BCUT2D eigenvalue weighted by Crippen LogP contribution is 2.42. The first-order valence-electron chi connectivity index (χ1n) is 10.5. The molecule has 2 aliphatic heterocycles. The van der Waals surface area contributed by atoms with E-state index in [9.17, 15) is 4.79 Å². The largest absolute Gasteiger partial charge is 0.493 e. The van der Waals surface area contributed by atoms with E-state index in [0.717, 1.165) is 55.3 Å². The number of likely N-dealkylation sites (tertiary alicyclic amines) is 1. The van der Waals surface area contributed by atoms with Crippen LogP contribution < -0.4 is 14.4 Å². The third-order valence-electron chi connectivity index (χ3n) is 6.28. The van der Waals surface area contributed by atoms with E-state index in [-0.39, 0.29) is 11.3 Å². The van der Waals surface area contributed by atoms with E-state index in [1.54, 1.807) is 14.2 Å². The van der Waals surface area contributed by atoms with Gasteiger partial charge in [-0.1, -0.05) is 12.1 Å². The number of carbonyl (C=O) groups is 1. The number of ether oxygens (including phenoxy) is 2. The van der Waals surface area contributed by atoms with Gasteiger partial charge in [-0.15, -0.1) is 0 Å². The number of carbonyl (C=O) groups excluding carboxylic acids is 1. The Morgan fingerprint density at radius 2 is 1.83 bits per heavy atom. The van der Waals surface area contributed by atoms with Gasteiger partial charge >= 0.3 is 0 Å². The Bertz CT molecular complexity index is 928. The van der Waals surface area contributed by atoms with Crippen LogP contribution in [0, 0.1) is 19.3 Å². The summed E-state index contributed by atoms with van der Waals surface area (Å²) in [5.74, 6) is 2.35. The summed E-state index contributed by atoms with van der Waals surface area (Å²) in [7, 11) is 3.27. The number of hydrogen-bond donors (Lipinski definition) is 0. The average molecular weight is 411 g/mol. The number of aromatic nitrogens is 2. The molecule has 0 bridgehead atoms. The number of piperidine rings is 1. The fraction of sp³-hybridized carbons (Fsp3) is 0.522. The molecule has 0 aliphatic carbocycles. The van der Waals surface area contributed by atoms with Crippen LogP contribution in [0.15, 0.2) is 24.3 Å². The van der Waals surface area contributed by atoms with Crippen LogP contribution in [-0.4, -0.2) is 54.6 Å². The number of methoxy groups -OCH3 is 2. The smallest absolute Gasteiger partial charge is 0.230 e. The molecule has 160 valence electrons. The Hall–Kier alpha value is -2.83. The lowest BCUT2D eigenvalue weighted by Gasteiger charge is -2.39. The van der Waals surface area contributed by atoms with Crippen molar-refractivity contribution in [3.05, 3.63) is 41.2 Å². The molecule has 1 aromatic heterocycles. The molecule has 2 aliphatic rings. The summed E-state index contributed by atoms with van der Waals surface area (Å²) < 4.78 is 11.0. The number of benzene rings is 1. The normalized spacial score (nSPS) is 21.4. The van der Waals surface area contributed by atoms with Gasteiger partial charge in [-0.05, 0) is 45.2 Å².